The lowest BCUT2D eigenvalue weighted by molar-refractivity contribution is -0.139. The summed E-state index contributed by atoms with van der Waals surface area (Å²) in [6.45, 7) is 7.76. The normalized spacial score (nSPS) is 17.9. The average Bonchev–Trinajstić information content (AvgIpc) is 3.02. The van der Waals surface area contributed by atoms with Gasteiger partial charge in [0.15, 0.2) is 0 Å². The molecule has 1 saturated heterocycles. The number of Topliss-reactive ketones (excluding diaryl/α,β-unsaturated/α-hetero) is 1. The highest BCUT2D eigenvalue weighted by atomic mass is 16.5. The maximum Gasteiger partial charge on any atom is 0.295 e. The fourth-order valence-corrected chi connectivity index (χ4v) is 3.95. The van der Waals surface area contributed by atoms with Gasteiger partial charge >= 0.3 is 0 Å². The number of hydrogen-bond acceptors (Lipinski definition) is 6. The van der Waals surface area contributed by atoms with Gasteiger partial charge in [0, 0.05) is 24.5 Å². The Morgan fingerprint density at radius 3 is 2.61 bits per heavy atom. The van der Waals surface area contributed by atoms with Gasteiger partial charge in [-0.15, -0.1) is 0 Å². The van der Waals surface area contributed by atoms with Crippen molar-refractivity contribution in [2.75, 3.05) is 33.8 Å². The van der Waals surface area contributed by atoms with E-state index in [1.165, 1.54) is 0 Å². The number of hydrogen-bond donors (Lipinski definition) is 1. The summed E-state index contributed by atoms with van der Waals surface area (Å²) in [5.74, 6) is -0.360. The summed E-state index contributed by atoms with van der Waals surface area (Å²) >= 11 is 0. The van der Waals surface area contributed by atoms with Crippen molar-refractivity contribution in [1.29, 1.82) is 0 Å². The van der Waals surface area contributed by atoms with Gasteiger partial charge in [-0.3, -0.25) is 14.6 Å². The molecule has 3 rings (SSSR count). The van der Waals surface area contributed by atoms with Gasteiger partial charge in [0.2, 0.25) is 0 Å². The molecular weight excluding hydrogens is 418 g/mol. The zero-order valence-electron chi connectivity index (χ0n) is 20.0. The number of amides is 1. The molecule has 0 bridgehead atoms. The Morgan fingerprint density at radius 1 is 1.24 bits per heavy atom. The van der Waals surface area contributed by atoms with Crippen LogP contribution in [0.15, 0.2) is 48.3 Å². The fraction of sp³-hybridized carbons (Fsp3) is 0.423. The minimum Gasteiger partial charge on any atom is -0.507 e. The quantitative estimate of drug-likeness (QED) is 0.355. The number of nitrogens with zero attached hydrogens (tertiary/aromatic N) is 3. The van der Waals surface area contributed by atoms with E-state index < -0.39 is 17.7 Å². The Bertz CT molecular complexity index is 1030. The number of ether oxygens (including phenoxy) is 1. The fourth-order valence-electron chi connectivity index (χ4n) is 3.95. The third kappa shape index (κ3) is 5.60. The lowest BCUT2D eigenvalue weighted by Crippen LogP contribution is -2.32. The van der Waals surface area contributed by atoms with Gasteiger partial charge in [0.25, 0.3) is 11.7 Å². The molecule has 1 aliphatic rings. The smallest absolute Gasteiger partial charge is 0.295 e. The Balaban J connectivity index is 2.02. The van der Waals surface area contributed by atoms with Crippen LogP contribution in [0.25, 0.3) is 5.76 Å². The number of benzene rings is 1. The molecule has 176 valence electrons. The molecule has 0 aliphatic carbocycles. The largest absolute Gasteiger partial charge is 0.507 e. The van der Waals surface area contributed by atoms with Gasteiger partial charge < -0.3 is 19.6 Å². The molecule has 1 aromatic heterocycles. The second-order valence-electron chi connectivity index (χ2n) is 9.12. The van der Waals surface area contributed by atoms with Gasteiger partial charge in [0.05, 0.1) is 18.2 Å². The number of aryl methyl sites for hydroxylation is 1. The first-order valence-electron chi connectivity index (χ1n) is 11.3. The predicted molar refractivity (Wildman–Crippen MR) is 128 cm³/mol. The topological polar surface area (TPSA) is 83.0 Å². The van der Waals surface area contributed by atoms with E-state index in [2.05, 4.69) is 18.8 Å². The van der Waals surface area contributed by atoms with E-state index in [0.717, 1.165) is 12.1 Å². The van der Waals surface area contributed by atoms with Crippen molar-refractivity contribution in [2.45, 2.75) is 33.2 Å². The molecule has 1 fully saturated rings. The highest BCUT2D eigenvalue weighted by Gasteiger charge is 2.46. The number of carbonyl (C=O) groups is 2. The van der Waals surface area contributed by atoms with E-state index in [4.69, 9.17) is 4.74 Å². The first-order chi connectivity index (χ1) is 15.7. The number of likely N-dealkylation sites (tertiary alicyclic amines) is 1. The van der Waals surface area contributed by atoms with E-state index in [9.17, 15) is 14.7 Å². The molecule has 7 nitrogen and oxygen atoms in total. The van der Waals surface area contributed by atoms with E-state index >= 15 is 0 Å². The number of aliphatic hydroxyl groups excluding tert-OH is 1. The van der Waals surface area contributed by atoms with Gasteiger partial charge in [-0.25, -0.2) is 0 Å². The van der Waals surface area contributed by atoms with E-state index in [-0.39, 0.29) is 11.3 Å². The van der Waals surface area contributed by atoms with Crippen molar-refractivity contribution >= 4 is 17.4 Å². The minimum atomic E-state index is -0.683. The average molecular weight is 452 g/mol. The van der Waals surface area contributed by atoms with E-state index in [1.807, 2.05) is 38.1 Å². The molecule has 1 amide bonds. The highest BCUT2D eigenvalue weighted by molar-refractivity contribution is 6.46. The lowest BCUT2D eigenvalue weighted by atomic mass is 9.94. The van der Waals surface area contributed by atoms with Crippen LogP contribution in [0, 0.1) is 12.8 Å². The molecule has 0 saturated carbocycles. The molecule has 1 aliphatic heterocycles. The molecule has 33 heavy (non-hydrogen) atoms. The maximum atomic E-state index is 13.1. The summed E-state index contributed by atoms with van der Waals surface area (Å²) in [7, 11) is 3.92. The summed E-state index contributed by atoms with van der Waals surface area (Å²) < 4.78 is 5.78. The molecule has 2 heterocycles. The zero-order chi connectivity index (χ0) is 24.1. The number of pyridine rings is 1. The lowest BCUT2D eigenvalue weighted by Gasteiger charge is -2.25. The van der Waals surface area contributed by atoms with Crippen molar-refractivity contribution in [3.8, 4) is 5.75 Å². The molecule has 2 aromatic rings. The first-order valence-corrected chi connectivity index (χ1v) is 11.3. The number of ketones is 1. The first kappa shape index (κ1) is 24.5. The van der Waals surface area contributed by atoms with Gasteiger partial charge in [-0.1, -0.05) is 19.9 Å². The number of aromatic nitrogens is 1. The molecular formula is C26H33N3O4. The van der Waals surface area contributed by atoms with E-state index in [1.54, 1.807) is 35.5 Å². The Labute approximate surface area is 195 Å². The number of rotatable bonds is 9. The van der Waals surface area contributed by atoms with Crippen molar-refractivity contribution in [2.24, 2.45) is 5.92 Å². The highest BCUT2D eigenvalue weighted by Crippen LogP contribution is 2.40. The van der Waals surface area contributed by atoms with Crippen molar-refractivity contribution in [3.63, 3.8) is 0 Å². The molecule has 7 heteroatoms. The van der Waals surface area contributed by atoms with Crippen LogP contribution in [-0.4, -0.2) is 65.4 Å². The molecule has 1 N–H and O–H groups in total. The summed E-state index contributed by atoms with van der Waals surface area (Å²) in [4.78, 5) is 33.8. The van der Waals surface area contributed by atoms with E-state index in [0.29, 0.717) is 42.4 Å². The Kier molecular flexibility index (Phi) is 7.87. The summed E-state index contributed by atoms with van der Waals surface area (Å²) in [6, 6.07) is 8.25. The molecule has 0 spiro atoms. The van der Waals surface area contributed by atoms with Crippen LogP contribution in [0.2, 0.25) is 0 Å². The molecule has 1 aromatic carbocycles. The third-order valence-electron chi connectivity index (χ3n) is 5.58. The van der Waals surface area contributed by atoms with Gasteiger partial charge in [-0.2, -0.15) is 0 Å². The van der Waals surface area contributed by atoms with Crippen LogP contribution in [0.3, 0.4) is 0 Å². The van der Waals surface area contributed by atoms with Crippen LogP contribution in [0.4, 0.5) is 0 Å². The minimum absolute atomic E-state index is 0.0943. The van der Waals surface area contributed by atoms with Crippen LogP contribution in [-0.2, 0) is 9.59 Å². The standard InChI is InChI=1S/C26H33N3O4/c1-17(2)16-33-20-9-10-21(18(3)14-20)24(30)22-23(19-8-6-11-27-15-19)29(26(32)25(22)31)13-7-12-28(4)5/h6,8-11,14-15,17,23,30H,7,12-13,16H2,1-5H3/b24-22+/t23-/m0/s1. The second-order valence-corrected chi connectivity index (χ2v) is 9.12. The zero-order valence-corrected chi connectivity index (χ0v) is 20.0. The van der Waals surface area contributed by atoms with Gasteiger partial charge in [-0.05, 0) is 75.3 Å². The summed E-state index contributed by atoms with van der Waals surface area (Å²) in [6.07, 6.45) is 3.98. The number of carbonyl (C=O) groups excluding carboxylic acids is 2. The van der Waals surface area contributed by atoms with Gasteiger partial charge in [0.1, 0.15) is 11.5 Å². The Morgan fingerprint density at radius 2 is 2.00 bits per heavy atom. The third-order valence-corrected chi connectivity index (χ3v) is 5.58. The summed E-state index contributed by atoms with van der Waals surface area (Å²) in [5.41, 5.74) is 2.05. The predicted octanol–water partition coefficient (Wildman–Crippen LogP) is 3.80. The Hall–Kier alpha value is -3.19. The maximum absolute atomic E-state index is 13.1. The van der Waals surface area contributed by atoms with Crippen molar-refractivity contribution in [3.05, 3.63) is 65.0 Å². The van der Waals surface area contributed by atoms with Crippen LogP contribution in [0.1, 0.15) is 43.0 Å². The van der Waals surface area contributed by atoms with Crippen molar-refractivity contribution in [1.82, 2.24) is 14.8 Å². The molecule has 0 radical (unpaired) electrons. The molecule has 0 unspecified atom stereocenters. The number of aliphatic hydroxyl groups is 1. The van der Waals surface area contributed by atoms with Crippen LogP contribution >= 0.6 is 0 Å². The van der Waals surface area contributed by atoms with Crippen LogP contribution < -0.4 is 4.74 Å². The second kappa shape index (κ2) is 10.6. The SMILES string of the molecule is Cc1cc(OCC(C)C)ccc1/C(O)=C1\C(=O)C(=O)N(CCCN(C)C)[C@H]1c1cccnc1. The van der Waals surface area contributed by atoms with Crippen LogP contribution in [0.5, 0.6) is 5.75 Å². The van der Waals surface area contributed by atoms with Crippen molar-refractivity contribution < 1.29 is 19.4 Å². The summed E-state index contributed by atoms with van der Waals surface area (Å²) in [5, 5.41) is 11.3. The molecule has 1 atom stereocenters. The monoisotopic (exact) mass is 451 g/mol.